The van der Waals surface area contributed by atoms with Crippen LogP contribution in [0.15, 0.2) is 79.0 Å². The van der Waals surface area contributed by atoms with Gasteiger partial charge >= 0.3 is 6.18 Å². The van der Waals surface area contributed by atoms with E-state index in [1.807, 2.05) is 30.3 Å². The zero-order valence-corrected chi connectivity index (χ0v) is 21.5. The van der Waals surface area contributed by atoms with Gasteiger partial charge in [-0.25, -0.2) is 9.37 Å². The second kappa shape index (κ2) is 10.0. The summed E-state index contributed by atoms with van der Waals surface area (Å²) in [5.41, 5.74) is -0.483. The number of nitrogens with zero attached hydrogens (tertiary/aromatic N) is 2. The fourth-order valence-electron chi connectivity index (χ4n) is 4.89. The molecule has 3 heterocycles. The van der Waals surface area contributed by atoms with Gasteiger partial charge in [0, 0.05) is 12.6 Å². The predicted octanol–water partition coefficient (Wildman–Crippen LogP) is 7.14. The first-order chi connectivity index (χ1) is 19.2. The summed E-state index contributed by atoms with van der Waals surface area (Å²) >= 11 is 6.12. The van der Waals surface area contributed by atoms with Gasteiger partial charge in [0.05, 0.1) is 21.8 Å². The van der Waals surface area contributed by atoms with Crippen LogP contribution in [0.4, 0.5) is 23.5 Å². The number of H-pyrrole nitrogens is 1. The van der Waals surface area contributed by atoms with E-state index in [2.05, 4.69) is 20.3 Å². The molecule has 0 aliphatic carbocycles. The minimum Gasteiger partial charge on any atom is -0.486 e. The summed E-state index contributed by atoms with van der Waals surface area (Å²) in [6, 6.07) is 18.3. The molecule has 0 amide bonds. The van der Waals surface area contributed by atoms with Crippen molar-refractivity contribution in [3.63, 3.8) is 0 Å². The molecule has 3 aromatic carbocycles. The van der Waals surface area contributed by atoms with Crippen molar-refractivity contribution in [2.24, 2.45) is 0 Å². The molecule has 6 rings (SSSR count). The third-order valence-corrected chi connectivity index (χ3v) is 6.91. The van der Waals surface area contributed by atoms with E-state index in [4.69, 9.17) is 21.1 Å². The molecule has 0 saturated heterocycles. The number of nitrogens with one attached hydrogen (secondary N) is 2. The Balaban J connectivity index is 1.58. The van der Waals surface area contributed by atoms with Crippen LogP contribution in [0.25, 0.3) is 11.0 Å². The van der Waals surface area contributed by atoms with E-state index in [1.165, 1.54) is 6.20 Å². The number of fused-ring (bicyclic) bond motifs is 3. The van der Waals surface area contributed by atoms with E-state index < -0.39 is 23.1 Å². The second-order valence-corrected chi connectivity index (χ2v) is 9.79. The number of anilines is 1. The Bertz CT molecular complexity index is 1680. The van der Waals surface area contributed by atoms with E-state index in [1.54, 1.807) is 24.3 Å². The van der Waals surface area contributed by atoms with Crippen molar-refractivity contribution in [2.75, 3.05) is 18.5 Å². The zero-order valence-electron chi connectivity index (χ0n) is 20.7. The lowest BCUT2D eigenvalue weighted by molar-refractivity contribution is -0.137. The van der Waals surface area contributed by atoms with Gasteiger partial charge in [0.1, 0.15) is 30.1 Å². The van der Waals surface area contributed by atoms with Crippen molar-refractivity contribution in [3.05, 3.63) is 112 Å². The summed E-state index contributed by atoms with van der Waals surface area (Å²) in [5.74, 6) is 0.161. The second-order valence-electron chi connectivity index (χ2n) is 9.35. The number of halogens is 5. The fraction of sp³-hybridized carbons (Fsp3) is 0.172. The molecule has 204 valence electrons. The number of alkyl halides is 3. The molecule has 0 fully saturated rings. The average molecular weight is 569 g/mol. The third-order valence-electron chi connectivity index (χ3n) is 6.69. The maximum absolute atomic E-state index is 14.9. The van der Waals surface area contributed by atoms with Gasteiger partial charge in [0.15, 0.2) is 11.5 Å². The molecule has 11 heteroatoms. The van der Waals surface area contributed by atoms with Crippen molar-refractivity contribution in [3.8, 4) is 11.5 Å². The summed E-state index contributed by atoms with van der Waals surface area (Å²) in [6.07, 6.45) is -3.29. The van der Waals surface area contributed by atoms with Gasteiger partial charge in [-0.05, 0) is 53.6 Å². The molecular formula is C29H21ClF4N4O2. The number of imidazole rings is 1. The molecular weight excluding hydrogens is 548 g/mol. The number of aromatic amines is 1. The Kier molecular flexibility index (Phi) is 6.50. The first-order valence-corrected chi connectivity index (χ1v) is 12.7. The van der Waals surface area contributed by atoms with Crippen molar-refractivity contribution in [1.82, 2.24) is 15.0 Å². The molecule has 6 nitrogen and oxygen atoms in total. The summed E-state index contributed by atoms with van der Waals surface area (Å²) in [4.78, 5) is 12.3. The lowest BCUT2D eigenvalue weighted by Gasteiger charge is -2.36. The highest BCUT2D eigenvalue weighted by atomic mass is 35.5. The summed E-state index contributed by atoms with van der Waals surface area (Å²) in [6.45, 7) is 0.745. The van der Waals surface area contributed by atoms with E-state index in [9.17, 15) is 17.6 Å². The largest absolute Gasteiger partial charge is 0.486 e. The first kappa shape index (κ1) is 25.9. The minimum absolute atomic E-state index is 0.000527. The maximum atomic E-state index is 14.9. The highest BCUT2D eigenvalue weighted by Crippen LogP contribution is 2.41. The molecule has 0 saturated carbocycles. The van der Waals surface area contributed by atoms with Gasteiger partial charge in [-0.1, -0.05) is 41.9 Å². The third kappa shape index (κ3) is 4.90. The van der Waals surface area contributed by atoms with Crippen LogP contribution in [0.1, 0.15) is 22.4 Å². The van der Waals surface area contributed by atoms with Crippen molar-refractivity contribution in [2.45, 2.75) is 18.1 Å². The van der Waals surface area contributed by atoms with Gasteiger partial charge in [-0.2, -0.15) is 13.2 Å². The molecule has 0 radical (unpaired) electrons. The van der Waals surface area contributed by atoms with Crippen LogP contribution in [-0.2, 0) is 18.1 Å². The normalized spacial score (nSPS) is 14.6. The molecule has 1 aliphatic rings. The van der Waals surface area contributed by atoms with Gasteiger partial charge < -0.3 is 19.8 Å². The highest BCUT2D eigenvalue weighted by molar-refractivity contribution is 6.30. The molecule has 2 N–H and O–H groups in total. The predicted molar refractivity (Wildman–Crippen MR) is 142 cm³/mol. The lowest BCUT2D eigenvalue weighted by Crippen LogP contribution is -2.40. The van der Waals surface area contributed by atoms with Crippen LogP contribution in [0.3, 0.4) is 0 Å². The van der Waals surface area contributed by atoms with E-state index in [0.717, 1.165) is 17.7 Å². The van der Waals surface area contributed by atoms with E-state index in [-0.39, 0.29) is 17.9 Å². The topological polar surface area (TPSA) is 72.1 Å². The summed E-state index contributed by atoms with van der Waals surface area (Å²) in [5, 5.41) is 3.63. The number of hydrogen-bond donors (Lipinski definition) is 2. The van der Waals surface area contributed by atoms with Gasteiger partial charge in [0.2, 0.25) is 5.95 Å². The first-order valence-electron chi connectivity index (χ1n) is 12.3. The lowest BCUT2D eigenvalue weighted by atomic mass is 9.80. The number of ether oxygens (including phenoxy) is 2. The van der Waals surface area contributed by atoms with Crippen molar-refractivity contribution in [1.29, 1.82) is 0 Å². The molecule has 1 atom stereocenters. The van der Waals surface area contributed by atoms with Gasteiger partial charge in [-0.3, -0.25) is 4.98 Å². The molecule has 0 spiro atoms. The van der Waals surface area contributed by atoms with Crippen LogP contribution in [0.2, 0.25) is 5.02 Å². The molecule has 40 heavy (non-hydrogen) atoms. The van der Waals surface area contributed by atoms with E-state index in [0.29, 0.717) is 52.5 Å². The van der Waals surface area contributed by atoms with Crippen LogP contribution < -0.4 is 14.8 Å². The fourth-order valence-corrected chi connectivity index (χ4v) is 5.00. The number of aromatic nitrogens is 3. The highest BCUT2D eigenvalue weighted by Gasteiger charge is 2.40. The molecule has 2 aromatic heterocycles. The Labute approximate surface area is 230 Å². The number of hydrogen-bond acceptors (Lipinski definition) is 5. The number of rotatable bonds is 6. The monoisotopic (exact) mass is 568 g/mol. The quantitative estimate of drug-likeness (QED) is 0.213. The molecule has 1 aliphatic heterocycles. The van der Waals surface area contributed by atoms with Crippen LogP contribution in [-0.4, -0.2) is 28.2 Å². The maximum Gasteiger partial charge on any atom is 0.416 e. The van der Waals surface area contributed by atoms with Crippen molar-refractivity contribution < 1.29 is 27.0 Å². The Morgan fingerprint density at radius 1 is 0.925 bits per heavy atom. The van der Waals surface area contributed by atoms with Crippen LogP contribution in [0.5, 0.6) is 11.5 Å². The molecule has 0 bridgehead atoms. The Morgan fingerprint density at radius 2 is 1.70 bits per heavy atom. The van der Waals surface area contributed by atoms with E-state index >= 15 is 0 Å². The van der Waals surface area contributed by atoms with Crippen molar-refractivity contribution >= 4 is 28.6 Å². The summed E-state index contributed by atoms with van der Waals surface area (Å²) in [7, 11) is 0. The molecule has 5 aromatic rings. The standard InChI is InChI=1S/C29H21ClF4N4O2/c30-20-6-9-24(35-16-20)28(15-17-4-2-1-3-5-17,18-12-19(29(32,33)34)14-21(31)13-18)38-27-36-22-7-8-23-26(25(22)37-27)40-11-10-39-23/h1-9,12-14,16H,10-11,15H2,(H2,36,37,38)/t28-/m1/s1. The Hall–Kier alpha value is -4.31. The Morgan fingerprint density at radius 3 is 2.45 bits per heavy atom. The van der Waals surface area contributed by atoms with Gasteiger partial charge in [0.25, 0.3) is 0 Å². The minimum atomic E-state index is -4.78. The molecule has 0 unspecified atom stereocenters. The SMILES string of the molecule is Fc1cc(C(F)(F)F)cc([C@@](Cc2ccccc2)(Nc2nc3c4c(ccc3[nH]2)OCCO4)c2ccc(Cl)cn2)c1. The zero-order chi connectivity index (χ0) is 27.9. The number of pyridine rings is 1. The average Bonchev–Trinajstić information content (AvgIpc) is 3.36. The summed E-state index contributed by atoms with van der Waals surface area (Å²) < 4.78 is 68.0. The van der Waals surface area contributed by atoms with Crippen LogP contribution in [0, 0.1) is 5.82 Å². The van der Waals surface area contributed by atoms with Gasteiger partial charge in [-0.15, -0.1) is 0 Å². The number of benzene rings is 3. The smallest absolute Gasteiger partial charge is 0.416 e. The van der Waals surface area contributed by atoms with Crippen LogP contribution >= 0.6 is 11.6 Å².